The molecule has 0 bridgehead atoms. The fraction of sp³-hybridized carbons (Fsp3) is 0.333. The molecule has 3 nitrogen and oxygen atoms in total. The molecule has 5 heteroatoms. The van der Waals surface area contributed by atoms with E-state index in [1.54, 1.807) is 12.1 Å². The van der Waals surface area contributed by atoms with Crippen molar-refractivity contribution in [3.8, 4) is 0 Å². The van der Waals surface area contributed by atoms with Gasteiger partial charge in [0.25, 0.3) is 0 Å². The number of thiophene rings is 1. The van der Waals surface area contributed by atoms with Gasteiger partial charge in [-0.3, -0.25) is 0 Å². The first-order valence-corrected chi connectivity index (χ1v) is 5.52. The molecule has 0 radical (unpaired) electrons. The molecule has 0 spiro atoms. The molecular weight excluding hydrogens is 182 g/mol. The maximum Gasteiger partial charge on any atom is 0.247 e. The van der Waals surface area contributed by atoms with Crippen molar-refractivity contribution in [2.75, 3.05) is 0 Å². The van der Waals surface area contributed by atoms with Gasteiger partial charge in [-0.2, -0.15) is 0 Å². The first-order chi connectivity index (χ1) is 5.04. The van der Waals surface area contributed by atoms with Crippen LogP contribution in [-0.4, -0.2) is 8.42 Å². The maximum atomic E-state index is 10.8. The monoisotopic (exact) mass is 191 g/mol. The number of sulfonamides is 1. The van der Waals surface area contributed by atoms with Crippen molar-refractivity contribution in [2.24, 2.45) is 5.14 Å². The van der Waals surface area contributed by atoms with Gasteiger partial charge in [-0.15, -0.1) is 11.3 Å². The summed E-state index contributed by atoms with van der Waals surface area (Å²) in [5.74, 6) is 0. The van der Waals surface area contributed by atoms with E-state index in [0.717, 1.165) is 11.3 Å². The van der Waals surface area contributed by atoms with E-state index in [2.05, 4.69) is 0 Å². The molecule has 62 valence electrons. The molecule has 1 rings (SSSR count). The van der Waals surface area contributed by atoms with Crippen molar-refractivity contribution < 1.29 is 8.42 Å². The van der Waals surface area contributed by atoms with E-state index in [4.69, 9.17) is 5.14 Å². The minimum absolute atomic E-state index is 0.245. The Balaban J connectivity index is 3.09. The van der Waals surface area contributed by atoms with Gasteiger partial charge in [0.1, 0.15) is 4.21 Å². The summed E-state index contributed by atoms with van der Waals surface area (Å²) in [5, 5.41) is 4.91. The van der Waals surface area contributed by atoms with Gasteiger partial charge >= 0.3 is 0 Å². The summed E-state index contributed by atoms with van der Waals surface area (Å²) in [6.07, 6.45) is 0.847. The molecule has 2 N–H and O–H groups in total. The molecule has 1 heterocycles. The van der Waals surface area contributed by atoms with Crippen LogP contribution in [0.4, 0.5) is 0 Å². The lowest BCUT2D eigenvalue weighted by Gasteiger charge is -1.88. The zero-order valence-corrected chi connectivity index (χ0v) is 7.71. The number of nitrogens with two attached hydrogens (primary N) is 1. The molecular formula is C6H9NO2S2. The number of aryl methyl sites for hydroxylation is 1. The number of hydrogen-bond acceptors (Lipinski definition) is 3. The van der Waals surface area contributed by atoms with Crippen LogP contribution >= 0.6 is 11.3 Å². The van der Waals surface area contributed by atoms with Crippen molar-refractivity contribution in [3.05, 3.63) is 17.0 Å². The van der Waals surface area contributed by atoms with Crippen molar-refractivity contribution >= 4 is 21.4 Å². The summed E-state index contributed by atoms with van der Waals surface area (Å²) in [7, 11) is -3.47. The lowest BCUT2D eigenvalue weighted by atomic mass is 10.4. The zero-order valence-electron chi connectivity index (χ0n) is 6.07. The van der Waals surface area contributed by atoms with Crippen molar-refractivity contribution in [1.29, 1.82) is 0 Å². The van der Waals surface area contributed by atoms with E-state index in [1.165, 1.54) is 11.3 Å². The minimum atomic E-state index is -3.47. The Morgan fingerprint density at radius 3 is 2.45 bits per heavy atom. The molecule has 0 fully saturated rings. The highest BCUT2D eigenvalue weighted by atomic mass is 32.2. The van der Waals surface area contributed by atoms with E-state index in [9.17, 15) is 8.42 Å². The summed E-state index contributed by atoms with van der Waals surface area (Å²) in [6.45, 7) is 1.97. The number of rotatable bonds is 2. The van der Waals surface area contributed by atoms with Gasteiger partial charge in [0.2, 0.25) is 10.0 Å². The second-order valence-electron chi connectivity index (χ2n) is 2.12. The third kappa shape index (κ3) is 2.02. The van der Waals surface area contributed by atoms with Gasteiger partial charge in [-0.05, 0) is 18.6 Å². The molecule has 0 aliphatic carbocycles. The molecule has 0 saturated carbocycles. The van der Waals surface area contributed by atoms with Crippen molar-refractivity contribution in [3.63, 3.8) is 0 Å². The molecule has 0 saturated heterocycles. The van der Waals surface area contributed by atoms with Crippen LogP contribution in [0, 0.1) is 0 Å². The van der Waals surface area contributed by atoms with Gasteiger partial charge in [0, 0.05) is 4.88 Å². The summed E-state index contributed by atoms with van der Waals surface area (Å²) < 4.78 is 21.7. The smallest absolute Gasteiger partial charge is 0.224 e. The third-order valence-corrected chi connectivity index (χ3v) is 3.93. The van der Waals surface area contributed by atoms with Crippen LogP contribution in [0.1, 0.15) is 11.8 Å². The van der Waals surface area contributed by atoms with Crippen LogP contribution < -0.4 is 5.14 Å². The van der Waals surface area contributed by atoms with Crippen LogP contribution in [0.15, 0.2) is 16.3 Å². The van der Waals surface area contributed by atoms with Crippen molar-refractivity contribution in [1.82, 2.24) is 0 Å². The minimum Gasteiger partial charge on any atom is -0.224 e. The second kappa shape index (κ2) is 2.92. The Labute approximate surface area is 69.9 Å². The third-order valence-electron chi connectivity index (χ3n) is 1.27. The molecule has 1 aromatic rings. The fourth-order valence-corrected chi connectivity index (χ4v) is 2.42. The first-order valence-electron chi connectivity index (χ1n) is 3.15. The van der Waals surface area contributed by atoms with Crippen molar-refractivity contribution in [2.45, 2.75) is 17.6 Å². The summed E-state index contributed by atoms with van der Waals surface area (Å²) in [4.78, 5) is 1.04. The zero-order chi connectivity index (χ0) is 8.48. The van der Waals surface area contributed by atoms with Gasteiger partial charge in [0.15, 0.2) is 0 Å². The van der Waals surface area contributed by atoms with Crippen LogP contribution in [0.25, 0.3) is 0 Å². The first kappa shape index (κ1) is 8.70. The normalized spacial score (nSPS) is 11.8. The lowest BCUT2D eigenvalue weighted by Crippen LogP contribution is -2.09. The molecule has 0 aliphatic heterocycles. The predicted octanol–water partition coefficient (Wildman–Crippen LogP) is 0.958. The molecule has 0 aliphatic rings. The van der Waals surface area contributed by atoms with Crippen LogP contribution in [0.2, 0.25) is 0 Å². The lowest BCUT2D eigenvalue weighted by molar-refractivity contribution is 0.600. The average molecular weight is 191 g/mol. The summed E-state index contributed by atoms with van der Waals surface area (Å²) in [5.41, 5.74) is 0. The Kier molecular flexibility index (Phi) is 2.31. The van der Waals surface area contributed by atoms with E-state index in [-0.39, 0.29) is 4.21 Å². The fourth-order valence-electron chi connectivity index (χ4n) is 0.701. The SMILES string of the molecule is CCc1ccc(S(N)(=O)=O)s1. The standard InChI is InChI=1S/C6H9NO2S2/c1-2-5-3-4-6(10-5)11(7,8)9/h3-4H,2H2,1H3,(H2,7,8,9). The Morgan fingerprint density at radius 2 is 2.18 bits per heavy atom. The van der Waals surface area contributed by atoms with E-state index in [0.29, 0.717) is 0 Å². The Bertz CT molecular complexity index is 339. The van der Waals surface area contributed by atoms with E-state index >= 15 is 0 Å². The summed E-state index contributed by atoms with van der Waals surface area (Å²) in [6, 6.07) is 3.32. The highest BCUT2D eigenvalue weighted by Gasteiger charge is 2.09. The average Bonchev–Trinajstić information content (AvgIpc) is 2.32. The number of hydrogen-bond donors (Lipinski definition) is 1. The highest BCUT2D eigenvalue weighted by Crippen LogP contribution is 2.20. The Morgan fingerprint density at radius 1 is 1.55 bits per heavy atom. The molecule has 0 aromatic carbocycles. The largest absolute Gasteiger partial charge is 0.247 e. The van der Waals surface area contributed by atoms with E-state index < -0.39 is 10.0 Å². The number of primary sulfonamides is 1. The highest BCUT2D eigenvalue weighted by molar-refractivity contribution is 7.91. The topological polar surface area (TPSA) is 60.2 Å². The predicted molar refractivity (Wildman–Crippen MR) is 45.1 cm³/mol. The second-order valence-corrected chi connectivity index (χ2v) is 5.08. The van der Waals surface area contributed by atoms with Crippen LogP contribution in [-0.2, 0) is 16.4 Å². The molecule has 0 atom stereocenters. The quantitative estimate of drug-likeness (QED) is 0.756. The van der Waals surface area contributed by atoms with Crippen LogP contribution in [0.5, 0.6) is 0 Å². The van der Waals surface area contributed by atoms with Gasteiger partial charge in [-0.1, -0.05) is 6.92 Å². The maximum absolute atomic E-state index is 10.8. The van der Waals surface area contributed by atoms with Gasteiger partial charge in [0.05, 0.1) is 0 Å². The molecule has 0 amide bonds. The van der Waals surface area contributed by atoms with E-state index in [1.807, 2.05) is 6.92 Å². The van der Waals surface area contributed by atoms with Gasteiger partial charge < -0.3 is 0 Å². The Hall–Kier alpha value is -0.390. The van der Waals surface area contributed by atoms with Crippen LogP contribution in [0.3, 0.4) is 0 Å². The van der Waals surface area contributed by atoms with Gasteiger partial charge in [-0.25, -0.2) is 13.6 Å². The molecule has 1 aromatic heterocycles. The summed E-state index contributed by atoms with van der Waals surface area (Å²) >= 11 is 1.23. The molecule has 11 heavy (non-hydrogen) atoms. The molecule has 0 unspecified atom stereocenters.